The molecule has 0 radical (unpaired) electrons. The smallest absolute Gasteiger partial charge is 0.256 e. The molecule has 0 aliphatic carbocycles. The maximum Gasteiger partial charge on any atom is 0.256 e. The quantitative estimate of drug-likeness (QED) is 0.447. The van der Waals surface area contributed by atoms with Gasteiger partial charge in [0.1, 0.15) is 10.8 Å². The predicted octanol–water partition coefficient (Wildman–Crippen LogP) is 5.08. The molecule has 0 fully saturated rings. The molecule has 0 unspecified atom stereocenters. The summed E-state index contributed by atoms with van der Waals surface area (Å²) in [5, 5.41) is 5.97. The highest BCUT2D eigenvalue weighted by Gasteiger charge is 2.23. The number of pyridine rings is 1. The van der Waals surface area contributed by atoms with Gasteiger partial charge in [-0.05, 0) is 37.1 Å². The molecule has 6 nitrogen and oxygen atoms in total. The van der Waals surface area contributed by atoms with E-state index >= 15 is 0 Å². The van der Waals surface area contributed by atoms with Crippen LogP contribution < -0.4 is 0 Å². The van der Waals surface area contributed by atoms with Crippen molar-refractivity contribution in [2.75, 3.05) is 13.1 Å². The fourth-order valence-corrected chi connectivity index (χ4v) is 4.77. The minimum atomic E-state index is 0.0150. The number of thioether (sulfide) groups is 1. The number of rotatable bonds is 5. The highest BCUT2D eigenvalue weighted by molar-refractivity contribution is 7.98. The van der Waals surface area contributed by atoms with Gasteiger partial charge in [-0.2, -0.15) is 0 Å². The molecular weight excluding hydrogens is 408 g/mol. The summed E-state index contributed by atoms with van der Waals surface area (Å²) in [5.74, 6) is 1.40. The largest absolute Gasteiger partial charge is 0.361 e. The van der Waals surface area contributed by atoms with Gasteiger partial charge in [-0.3, -0.25) is 4.79 Å². The normalized spacial score (nSPS) is 14.1. The monoisotopic (exact) mass is 430 g/mol. The molecular formula is C24H22N4O2S. The average Bonchev–Trinajstić information content (AvgIpc) is 3.43. The fraction of sp³-hybridized carbons (Fsp3) is 0.208. The summed E-state index contributed by atoms with van der Waals surface area (Å²) in [5.41, 5.74) is 5.12. The van der Waals surface area contributed by atoms with E-state index in [4.69, 9.17) is 4.52 Å². The van der Waals surface area contributed by atoms with E-state index in [9.17, 15) is 4.79 Å². The van der Waals surface area contributed by atoms with Crippen LogP contribution in [0.1, 0.15) is 33.8 Å². The molecule has 4 heterocycles. The Morgan fingerprint density at radius 1 is 1.26 bits per heavy atom. The van der Waals surface area contributed by atoms with Crippen molar-refractivity contribution >= 4 is 34.1 Å². The molecule has 0 spiro atoms. The van der Waals surface area contributed by atoms with Crippen molar-refractivity contribution in [2.45, 2.75) is 24.1 Å². The van der Waals surface area contributed by atoms with Crippen molar-refractivity contribution in [3.63, 3.8) is 0 Å². The zero-order valence-electron chi connectivity index (χ0n) is 17.2. The second kappa shape index (κ2) is 8.43. The molecule has 1 N–H and O–H groups in total. The van der Waals surface area contributed by atoms with Crippen LogP contribution in [0.2, 0.25) is 0 Å². The first-order chi connectivity index (χ1) is 15.2. The minimum absolute atomic E-state index is 0.0150. The Labute approximate surface area is 184 Å². The number of H-pyrrole nitrogens is 1. The van der Waals surface area contributed by atoms with Crippen LogP contribution >= 0.6 is 11.8 Å². The lowest BCUT2D eigenvalue weighted by Crippen LogP contribution is -2.35. The van der Waals surface area contributed by atoms with Crippen LogP contribution in [-0.2, 0) is 5.75 Å². The van der Waals surface area contributed by atoms with Gasteiger partial charge in [0.05, 0.1) is 11.3 Å². The van der Waals surface area contributed by atoms with Gasteiger partial charge in [-0.1, -0.05) is 41.2 Å². The second-order valence-corrected chi connectivity index (χ2v) is 8.52. The van der Waals surface area contributed by atoms with E-state index in [1.165, 1.54) is 28.3 Å². The van der Waals surface area contributed by atoms with Gasteiger partial charge in [-0.15, -0.1) is 0 Å². The summed E-state index contributed by atoms with van der Waals surface area (Å²) in [6, 6.07) is 13.9. The maximum atomic E-state index is 13.2. The molecule has 31 heavy (non-hydrogen) atoms. The van der Waals surface area contributed by atoms with Crippen molar-refractivity contribution in [1.29, 1.82) is 0 Å². The third-order valence-corrected chi connectivity index (χ3v) is 6.51. The molecule has 156 valence electrons. The number of aromatic nitrogens is 3. The number of fused-ring (bicyclic) bond motifs is 1. The zero-order valence-corrected chi connectivity index (χ0v) is 18.0. The van der Waals surface area contributed by atoms with Crippen LogP contribution in [-0.4, -0.2) is 39.0 Å². The van der Waals surface area contributed by atoms with Crippen molar-refractivity contribution < 1.29 is 9.32 Å². The molecule has 1 aromatic carbocycles. The van der Waals surface area contributed by atoms with Gasteiger partial charge in [0.25, 0.3) is 5.91 Å². The Bertz CT molecular complexity index is 1270. The second-order valence-electron chi connectivity index (χ2n) is 7.55. The Morgan fingerprint density at radius 2 is 2.16 bits per heavy atom. The van der Waals surface area contributed by atoms with E-state index in [1.807, 2.05) is 36.1 Å². The van der Waals surface area contributed by atoms with Gasteiger partial charge < -0.3 is 14.4 Å². The van der Waals surface area contributed by atoms with E-state index in [2.05, 4.69) is 45.6 Å². The minimum Gasteiger partial charge on any atom is -0.361 e. The molecule has 4 aromatic rings. The number of aromatic amines is 1. The summed E-state index contributed by atoms with van der Waals surface area (Å²) < 4.78 is 5.13. The van der Waals surface area contributed by atoms with Gasteiger partial charge in [0, 0.05) is 53.8 Å². The topological polar surface area (TPSA) is 75.0 Å². The van der Waals surface area contributed by atoms with Crippen LogP contribution in [0.25, 0.3) is 16.5 Å². The number of carbonyl (C=O) groups excluding carboxylic acids is 1. The van der Waals surface area contributed by atoms with Crippen LogP contribution in [0, 0.1) is 6.92 Å². The first-order valence-electron chi connectivity index (χ1n) is 10.2. The van der Waals surface area contributed by atoms with Crippen LogP contribution in [0.4, 0.5) is 0 Å². The lowest BCUT2D eigenvalue weighted by Gasteiger charge is -2.27. The number of para-hydroxylation sites is 1. The Morgan fingerprint density at radius 3 is 2.97 bits per heavy atom. The van der Waals surface area contributed by atoms with Crippen LogP contribution in [0.3, 0.4) is 0 Å². The summed E-state index contributed by atoms with van der Waals surface area (Å²) >= 11 is 1.51. The van der Waals surface area contributed by atoms with Crippen LogP contribution in [0.15, 0.2) is 70.5 Å². The summed E-state index contributed by atoms with van der Waals surface area (Å²) in [4.78, 5) is 22.9. The molecule has 1 aliphatic heterocycles. The Balaban J connectivity index is 1.31. The molecule has 3 aromatic heterocycles. The average molecular weight is 431 g/mol. The third-order valence-electron chi connectivity index (χ3n) is 5.47. The van der Waals surface area contributed by atoms with Gasteiger partial charge in [-0.25, -0.2) is 4.98 Å². The van der Waals surface area contributed by atoms with Crippen molar-refractivity contribution in [3.05, 3.63) is 83.5 Å². The van der Waals surface area contributed by atoms with E-state index in [1.54, 1.807) is 6.20 Å². The van der Waals surface area contributed by atoms with E-state index in [0.717, 1.165) is 28.4 Å². The first-order valence-corrected chi connectivity index (χ1v) is 11.2. The Kier molecular flexibility index (Phi) is 5.34. The number of benzene rings is 1. The van der Waals surface area contributed by atoms with Crippen molar-refractivity contribution in [3.8, 4) is 0 Å². The van der Waals surface area contributed by atoms with Gasteiger partial charge >= 0.3 is 0 Å². The molecule has 5 rings (SSSR count). The van der Waals surface area contributed by atoms with E-state index in [0.29, 0.717) is 24.4 Å². The molecule has 0 atom stereocenters. The molecule has 0 bridgehead atoms. The number of aryl methyl sites for hydroxylation is 1. The van der Waals surface area contributed by atoms with E-state index in [-0.39, 0.29) is 5.91 Å². The van der Waals surface area contributed by atoms with Crippen LogP contribution in [0.5, 0.6) is 0 Å². The van der Waals surface area contributed by atoms with Gasteiger partial charge in [0.2, 0.25) is 0 Å². The molecule has 1 amide bonds. The van der Waals surface area contributed by atoms with Crippen molar-refractivity contribution in [1.82, 2.24) is 20.0 Å². The van der Waals surface area contributed by atoms with Crippen molar-refractivity contribution in [2.24, 2.45) is 0 Å². The number of hydrogen-bond donors (Lipinski definition) is 1. The number of hydrogen-bond acceptors (Lipinski definition) is 5. The standard InChI is InChI=1S/C24H22N4O2S/c1-16-13-18(27-30-16)15-31-23-20(6-4-10-25-23)24(29)28-11-8-17(9-12-28)21-14-26-22-7-3-2-5-19(21)22/h2-8,10,13-14,26H,9,11-12,15H2,1H3. The lowest BCUT2D eigenvalue weighted by atomic mass is 9.98. The molecule has 0 saturated heterocycles. The summed E-state index contributed by atoms with van der Waals surface area (Å²) in [7, 11) is 0. The molecule has 0 saturated carbocycles. The fourth-order valence-electron chi connectivity index (χ4n) is 3.90. The Hall–Kier alpha value is -3.32. The van der Waals surface area contributed by atoms with E-state index < -0.39 is 0 Å². The SMILES string of the molecule is Cc1cc(CSc2ncccc2C(=O)N2CC=C(c3c[nH]c4ccccc34)CC2)no1. The molecule has 7 heteroatoms. The number of amides is 1. The summed E-state index contributed by atoms with van der Waals surface area (Å²) in [6.07, 6.45) is 6.78. The highest BCUT2D eigenvalue weighted by Crippen LogP contribution is 2.30. The zero-order chi connectivity index (χ0) is 21.2. The lowest BCUT2D eigenvalue weighted by molar-refractivity contribution is 0.0768. The van der Waals surface area contributed by atoms with Gasteiger partial charge in [0.15, 0.2) is 0 Å². The summed E-state index contributed by atoms with van der Waals surface area (Å²) in [6.45, 7) is 3.14. The third kappa shape index (κ3) is 4.01. The highest BCUT2D eigenvalue weighted by atomic mass is 32.2. The predicted molar refractivity (Wildman–Crippen MR) is 122 cm³/mol. The molecule has 1 aliphatic rings. The first kappa shape index (κ1) is 19.6. The number of nitrogens with one attached hydrogen (secondary N) is 1. The number of carbonyl (C=O) groups is 1. The maximum absolute atomic E-state index is 13.2. The number of nitrogens with zero attached hydrogens (tertiary/aromatic N) is 3.